The molecule has 0 saturated carbocycles. The number of fused-ring (bicyclic) bond motifs is 1. The number of non-ortho nitro benzene ring substituents is 1. The third kappa shape index (κ3) is 3.11. The smallest absolute Gasteiger partial charge is 0.272 e. The molecular weight excluding hydrogens is 331 g/mol. The van der Waals surface area contributed by atoms with Crippen molar-refractivity contribution in [3.63, 3.8) is 0 Å². The molecule has 0 aliphatic rings. The number of aromatic nitrogens is 2. The van der Waals surface area contributed by atoms with Gasteiger partial charge in [-0.1, -0.05) is 0 Å². The molecule has 0 bridgehead atoms. The Balaban J connectivity index is 2.06. The van der Waals surface area contributed by atoms with Crippen molar-refractivity contribution < 1.29 is 18.8 Å². The lowest BCUT2D eigenvalue weighted by atomic mass is 10.2. The molecule has 0 aliphatic carbocycles. The van der Waals surface area contributed by atoms with Gasteiger partial charge in [0, 0.05) is 17.5 Å². The van der Waals surface area contributed by atoms with Gasteiger partial charge in [0.25, 0.3) is 5.69 Å². The van der Waals surface area contributed by atoms with Gasteiger partial charge >= 0.3 is 0 Å². The first-order chi connectivity index (χ1) is 12.0. The van der Waals surface area contributed by atoms with Crippen molar-refractivity contribution in [2.45, 2.75) is 0 Å². The number of benzene rings is 2. The molecule has 1 heterocycles. The maximum Gasteiger partial charge on any atom is 0.272 e. The SMILES string of the molecule is COc1cc2ncnc(Nc3ccc([N+](=O)[O-])cc3F)c2cc1OC. The summed E-state index contributed by atoms with van der Waals surface area (Å²) in [6, 6.07) is 6.67. The fourth-order valence-electron chi connectivity index (χ4n) is 2.33. The molecule has 0 spiro atoms. The van der Waals surface area contributed by atoms with Gasteiger partial charge < -0.3 is 14.8 Å². The summed E-state index contributed by atoms with van der Waals surface area (Å²) in [4.78, 5) is 18.3. The van der Waals surface area contributed by atoms with Crippen molar-refractivity contribution in [3.05, 3.63) is 52.6 Å². The minimum atomic E-state index is -0.763. The standard InChI is InChI=1S/C16H13FN4O4/c1-24-14-6-10-13(7-15(14)25-2)18-8-19-16(10)20-12-4-3-9(21(22)23)5-11(12)17/h3-8H,1-2H3,(H,18,19,20). The predicted octanol–water partition coefficient (Wildman–Crippen LogP) is 3.44. The average Bonchev–Trinajstić information content (AvgIpc) is 2.62. The summed E-state index contributed by atoms with van der Waals surface area (Å²) < 4.78 is 24.6. The van der Waals surface area contributed by atoms with E-state index < -0.39 is 10.7 Å². The van der Waals surface area contributed by atoms with E-state index in [0.717, 1.165) is 6.07 Å². The molecule has 0 amide bonds. The van der Waals surface area contributed by atoms with Crippen molar-refractivity contribution in [3.8, 4) is 11.5 Å². The van der Waals surface area contributed by atoms with Gasteiger partial charge in [-0.25, -0.2) is 14.4 Å². The third-order valence-electron chi connectivity index (χ3n) is 3.56. The Bertz CT molecular complexity index is 964. The Labute approximate surface area is 141 Å². The zero-order valence-electron chi connectivity index (χ0n) is 13.3. The number of hydrogen-bond acceptors (Lipinski definition) is 7. The molecule has 0 aliphatic heterocycles. The summed E-state index contributed by atoms with van der Waals surface area (Å²) in [5.74, 6) is 0.540. The monoisotopic (exact) mass is 344 g/mol. The van der Waals surface area contributed by atoms with Crippen LogP contribution in [-0.4, -0.2) is 29.1 Å². The van der Waals surface area contributed by atoms with Crippen LogP contribution in [0.3, 0.4) is 0 Å². The van der Waals surface area contributed by atoms with Gasteiger partial charge in [0.1, 0.15) is 12.1 Å². The van der Waals surface area contributed by atoms with Crippen LogP contribution in [0.15, 0.2) is 36.7 Å². The molecule has 1 aromatic heterocycles. The highest BCUT2D eigenvalue weighted by Gasteiger charge is 2.14. The largest absolute Gasteiger partial charge is 0.493 e. The summed E-state index contributed by atoms with van der Waals surface area (Å²) in [5.41, 5.74) is 0.292. The van der Waals surface area contributed by atoms with Crippen LogP contribution in [-0.2, 0) is 0 Å². The fraction of sp³-hybridized carbons (Fsp3) is 0.125. The molecule has 9 heteroatoms. The summed E-state index contributed by atoms with van der Waals surface area (Å²) >= 11 is 0. The molecular formula is C16H13FN4O4. The van der Waals surface area contributed by atoms with Crippen molar-refractivity contribution >= 4 is 28.1 Å². The molecule has 0 radical (unpaired) electrons. The van der Waals surface area contributed by atoms with Crippen LogP contribution in [0.4, 0.5) is 21.6 Å². The molecule has 25 heavy (non-hydrogen) atoms. The van der Waals surface area contributed by atoms with E-state index in [0.29, 0.717) is 28.2 Å². The lowest BCUT2D eigenvalue weighted by molar-refractivity contribution is -0.385. The highest BCUT2D eigenvalue weighted by Crippen LogP contribution is 2.34. The number of rotatable bonds is 5. The van der Waals surface area contributed by atoms with Crippen molar-refractivity contribution in [2.75, 3.05) is 19.5 Å². The summed E-state index contributed by atoms with van der Waals surface area (Å²) in [7, 11) is 3.01. The van der Waals surface area contributed by atoms with E-state index in [9.17, 15) is 14.5 Å². The van der Waals surface area contributed by atoms with E-state index in [1.807, 2.05) is 0 Å². The summed E-state index contributed by atoms with van der Waals surface area (Å²) in [5, 5.41) is 14.1. The average molecular weight is 344 g/mol. The van der Waals surface area contributed by atoms with E-state index in [2.05, 4.69) is 15.3 Å². The van der Waals surface area contributed by atoms with Crippen LogP contribution in [0.5, 0.6) is 11.5 Å². The van der Waals surface area contributed by atoms with E-state index in [4.69, 9.17) is 9.47 Å². The van der Waals surface area contributed by atoms with Gasteiger partial charge in [-0.2, -0.15) is 0 Å². The van der Waals surface area contributed by atoms with E-state index in [-0.39, 0.29) is 11.4 Å². The topological polar surface area (TPSA) is 99.4 Å². The number of methoxy groups -OCH3 is 2. The maximum atomic E-state index is 14.1. The van der Waals surface area contributed by atoms with Crippen molar-refractivity contribution in [1.29, 1.82) is 0 Å². The molecule has 0 saturated heterocycles. The Kier molecular flexibility index (Phi) is 4.29. The van der Waals surface area contributed by atoms with Crippen LogP contribution in [0, 0.1) is 15.9 Å². The van der Waals surface area contributed by atoms with Crippen molar-refractivity contribution in [2.24, 2.45) is 0 Å². The first-order valence-corrected chi connectivity index (χ1v) is 7.11. The van der Waals surface area contributed by atoms with Gasteiger partial charge in [-0.05, 0) is 12.1 Å². The zero-order valence-corrected chi connectivity index (χ0v) is 13.3. The summed E-state index contributed by atoms with van der Waals surface area (Å²) in [6.07, 6.45) is 1.32. The molecule has 8 nitrogen and oxygen atoms in total. The molecule has 1 N–H and O–H groups in total. The van der Waals surface area contributed by atoms with Gasteiger partial charge in [-0.3, -0.25) is 10.1 Å². The zero-order chi connectivity index (χ0) is 18.0. The van der Waals surface area contributed by atoms with Gasteiger partial charge in [0.05, 0.1) is 36.4 Å². The molecule has 3 aromatic rings. The number of nitrogens with zero attached hydrogens (tertiary/aromatic N) is 3. The van der Waals surface area contributed by atoms with E-state index in [1.165, 1.54) is 32.7 Å². The molecule has 3 rings (SSSR count). The first kappa shape index (κ1) is 16.4. The second-order valence-electron chi connectivity index (χ2n) is 4.99. The highest BCUT2D eigenvalue weighted by molar-refractivity contribution is 5.93. The van der Waals surface area contributed by atoms with Crippen LogP contribution in [0.25, 0.3) is 10.9 Å². The first-order valence-electron chi connectivity index (χ1n) is 7.11. The number of halogens is 1. The second-order valence-corrected chi connectivity index (χ2v) is 4.99. The quantitative estimate of drug-likeness (QED) is 0.559. The minimum Gasteiger partial charge on any atom is -0.493 e. The molecule has 128 valence electrons. The Morgan fingerprint density at radius 1 is 1.12 bits per heavy atom. The van der Waals surface area contributed by atoms with Gasteiger partial charge in [-0.15, -0.1) is 0 Å². The molecule has 2 aromatic carbocycles. The number of nitro groups is 1. The van der Waals surface area contributed by atoms with Crippen LogP contribution in [0.1, 0.15) is 0 Å². The number of nitrogens with one attached hydrogen (secondary N) is 1. The lowest BCUT2D eigenvalue weighted by Gasteiger charge is -2.12. The van der Waals surface area contributed by atoms with Crippen LogP contribution >= 0.6 is 0 Å². The lowest BCUT2D eigenvalue weighted by Crippen LogP contribution is -2.00. The Morgan fingerprint density at radius 2 is 1.84 bits per heavy atom. The number of anilines is 2. The van der Waals surface area contributed by atoms with E-state index in [1.54, 1.807) is 12.1 Å². The fourth-order valence-corrected chi connectivity index (χ4v) is 2.33. The molecule has 0 fully saturated rings. The van der Waals surface area contributed by atoms with Crippen LogP contribution in [0.2, 0.25) is 0 Å². The minimum absolute atomic E-state index is 0.0559. The number of hydrogen-bond donors (Lipinski definition) is 1. The van der Waals surface area contributed by atoms with Crippen LogP contribution < -0.4 is 14.8 Å². The Morgan fingerprint density at radius 3 is 2.48 bits per heavy atom. The summed E-state index contributed by atoms with van der Waals surface area (Å²) in [6.45, 7) is 0. The molecule has 0 unspecified atom stereocenters. The Hall–Kier alpha value is -3.49. The number of nitro benzene ring substituents is 1. The molecule has 0 atom stereocenters. The van der Waals surface area contributed by atoms with Gasteiger partial charge in [0.2, 0.25) is 0 Å². The van der Waals surface area contributed by atoms with E-state index >= 15 is 0 Å². The normalized spacial score (nSPS) is 10.5. The van der Waals surface area contributed by atoms with Gasteiger partial charge in [0.15, 0.2) is 17.3 Å². The third-order valence-corrected chi connectivity index (χ3v) is 3.56. The maximum absolute atomic E-state index is 14.1. The predicted molar refractivity (Wildman–Crippen MR) is 89.0 cm³/mol. The second kappa shape index (κ2) is 6.56. The van der Waals surface area contributed by atoms with Crippen molar-refractivity contribution in [1.82, 2.24) is 9.97 Å². The highest BCUT2D eigenvalue weighted by atomic mass is 19.1. The number of ether oxygens (including phenoxy) is 2.